The molecule has 1 heterocycles. The summed E-state index contributed by atoms with van der Waals surface area (Å²) in [5.74, 6) is -0.558. The van der Waals surface area contributed by atoms with Gasteiger partial charge in [0.25, 0.3) is 5.91 Å². The van der Waals surface area contributed by atoms with Crippen molar-refractivity contribution in [2.24, 2.45) is 0 Å². The second-order valence-corrected chi connectivity index (χ2v) is 8.23. The van der Waals surface area contributed by atoms with Gasteiger partial charge in [-0.05, 0) is 37.1 Å². The standard InChI is InChI=1S/C20H18Cl2N2O2S/c1-11-5-4-6-12(2)18(11)23-16(25)10-24(3)20(26)19-17(22)14-8-7-13(21)9-15(14)27-19/h4-9H,10H2,1-3H3,(H,23,25). The summed E-state index contributed by atoms with van der Waals surface area (Å²) < 4.78 is 0.837. The Kier molecular flexibility index (Phi) is 5.75. The highest BCUT2D eigenvalue weighted by atomic mass is 35.5. The first-order valence-electron chi connectivity index (χ1n) is 8.27. The lowest BCUT2D eigenvalue weighted by molar-refractivity contribution is -0.116. The fourth-order valence-electron chi connectivity index (χ4n) is 2.83. The summed E-state index contributed by atoms with van der Waals surface area (Å²) >= 11 is 13.7. The molecule has 2 aromatic carbocycles. The fraction of sp³-hybridized carbons (Fsp3) is 0.200. The van der Waals surface area contributed by atoms with E-state index < -0.39 is 0 Å². The number of likely N-dealkylation sites (N-methyl/N-ethyl adjacent to an activating group) is 1. The van der Waals surface area contributed by atoms with Crippen molar-refractivity contribution in [1.82, 2.24) is 4.90 Å². The SMILES string of the molecule is Cc1cccc(C)c1NC(=O)CN(C)C(=O)c1sc2cc(Cl)ccc2c1Cl. The zero-order chi connectivity index (χ0) is 19.7. The van der Waals surface area contributed by atoms with Gasteiger partial charge in [0.05, 0.1) is 11.6 Å². The van der Waals surface area contributed by atoms with E-state index >= 15 is 0 Å². The number of thiophene rings is 1. The molecule has 140 valence electrons. The Hall–Kier alpha value is -2.08. The van der Waals surface area contributed by atoms with Crippen LogP contribution in [0.2, 0.25) is 10.0 Å². The molecular formula is C20H18Cl2N2O2S. The molecule has 27 heavy (non-hydrogen) atoms. The highest BCUT2D eigenvalue weighted by Crippen LogP contribution is 2.37. The Morgan fingerprint density at radius 1 is 1.11 bits per heavy atom. The Labute approximate surface area is 171 Å². The molecule has 0 saturated heterocycles. The maximum atomic E-state index is 12.8. The summed E-state index contributed by atoms with van der Waals surface area (Å²) in [7, 11) is 1.58. The average molecular weight is 421 g/mol. The van der Waals surface area contributed by atoms with Crippen LogP contribution in [0.25, 0.3) is 10.1 Å². The van der Waals surface area contributed by atoms with E-state index in [1.807, 2.05) is 32.0 Å². The number of rotatable bonds is 4. The van der Waals surface area contributed by atoms with Crippen molar-refractivity contribution < 1.29 is 9.59 Å². The number of nitrogens with zero attached hydrogens (tertiary/aromatic N) is 1. The molecule has 1 N–H and O–H groups in total. The molecule has 0 atom stereocenters. The summed E-state index contributed by atoms with van der Waals surface area (Å²) in [6.45, 7) is 3.79. The van der Waals surface area contributed by atoms with Crippen molar-refractivity contribution in [3.05, 3.63) is 62.4 Å². The summed E-state index contributed by atoms with van der Waals surface area (Å²) in [4.78, 5) is 27.0. The number of aryl methyl sites for hydroxylation is 2. The summed E-state index contributed by atoms with van der Waals surface area (Å²) in [6.07, 6.45) is 0. The molecular weight excluding hydrogens is 403 g/mol. The van der Waals surface area contributed by atoms with Gasteiger partial charge < -0.3 is 10.2 Å². The molecule has 0 fully saturated rings. The monoisotopic (exact) mass is 420 g/mol. The summed E-state index contributed by atoms with van der Waals surface area (Å²) in [6, 6.07) is 11.1. The predicted molar refractivity (Wildman–Crippen MR) is 113 cm³/mol. The molecule has 4 nitrogen and oxygen atoms in total. The molecule has 2 amide bonds. The van der Waals surface area contributed by atoms with Crippen molar-refractivity contribution in [2.45, 2.75) is 13.8 Å². The first-order chi connectivity index (χ1) is 12.8. The number of anilines is 1. The normalized spacial score (nSPS) is 10.9. The lowest BCUT2D eigenvalue weighted by atomic mass is 10.1. The van der Waals surface area contributed by atoms with Crippen LogP contribution in [-0.4, -0.2) is 30.3 Å². The van der Waals surface area contributed by atoms with Crippen molar-refractivity contribution in [3.8, 4) is 0 Å². The van der Waals surface area contributed by atoms with Gasteiger partial charge in [-0.2, -0.15) is 0 Å². The lowest BCUT2D eigenvalue weighted by Crippen LogP contribution is -2.34. The van der Waals surface area contributed by atoms with Gasteiger partial charge in [0.1, 0.15) is 4.88 Å². The highest BCUT2D eigenvalue weighted by Gasteiger charge is 2.22. The smallest absolute Gasteiger partial charge is 0.265 e. The van der Waals surface area contributed by atoms with E-state index in [1.54, 1.807) is 25.2 Å². The van der Waals surface area contributed by atoms with Crippen molar-refractivity contribution in [3.63, 3.8) is 0 Å². The van der Waals surface area contributed by atoms with E-state index in [2.05, 4.69) is 5.32 Å². The molecule has 0 saturated carbocycles. The molecule has 0 aliphatic carbocycles. The van der Waals surface area contributed by atoms with Crippen molar-refractivity contribution in [2.75, 3.05) is 18.9 Å². The van der Waals surface area contributed by atoms with E-state index in [-0.39, 0.29) is 18.4 Å². The van der Waals surface area contributed by atoms with E-state index in [9.17, 15) is 9.59 Å². The number of hydrogen-bond donors (Lipinski definition) is 1. The van der Waals surface area contributed by atoms with Gasteiger partial charge in [-0.1, -0.05) is 47.5 Å². The number of amides is 2. The quantitative estimate of drug-likeness (QED) is 0.602. The fourth-order valence-corrected chi connectivity index (χ4v) is 4.61. The largest absolute Gasteiger partial charge is 0.332 e. The Bertz CT molecular complexity index is 1030. The Balaban J connectivity index is 1.76. The minimum absolute atomic E-state index is 0.0715. The van der Waals surface area contributed by atoms with Gasteiger partial charge in [-0.15, -0.1) is 11.3 Å². The number of halogens is 2. The van der Waals surface area contributed by atoms with Gasteiger partial charge in [0.15, 0.2) is 0 Å². The molecule has 3 aromatic rings. The molecule has 0 aliphatic heterocycles. The molecule has 0 bridgehead atoms. The minimum Gasteiger partial charge on any atom is -0.332 e. The number of benzene rings is 2. The van der Waals surface area contributed by atoms with Crippen molar-refractivity contribution in [1.29, 1.82) is 0 Å². The van der Waals surface area contributed by atoms with Gasteiger partial charge in [-0.3, -0.25) is 9.59 Å². The van der Waals surface area contributed by atoms with Crippen LogP contribution in [-0.2, 0) is 4.79 Å². The molecule has 0 aliphatic rings. The minimum atomic E-state index is -0.297. The molecule has 1 aromatic heterocycles. The number of para-hydroxylation sites is 1. The number of fused-ring (bicyclic) bond motifs is 1. The maximum Gasteiger partial charge on any atom is 0.265 e. The van der Waals surface area contributed by atoms with Crippen LogP contribution in [0.3, 0.4) is 0 Å². The maximum absolute atomic E-state index is 12.8. The molecule has 0 unspecified atom stereocenters. The summed E-state index contributed by atoms with van der Waals surface area (Å²) in [5.41, 5.74) is 2.72. The average Bonchev–Trinajstić information content (AvgIpc) is 2.93. The summed E-state index contributed by atoms with van der Waals surface area (Å²) in [5, 5.41) is 4.64. The van der Waals surface area contributed by atoms with Crippen LogP contribution in [0.15, 0.2) is 36.4 Å². The Morgan fingerprint density at radius 3 is 2.44 bits per heavy atom. The lowest BCUT2D eigenvalue weighted by Gasteiger charge is -2.17. The van der Waals surface area contributed by atoms with E-state index in [0.29, 0.717) is 14.9 Å². The van der Waals surface area contributed by atoms with Crippen LogP contribution in [0.5, 0.6) is 0 Å². The topological polar surface area (TPSA) is 49.4 Å². The van der Waals surface area contributed by atoms with Crippen LogP contribution in [0, 0.1) is 13.8 Å². The van der Waals surface area contributed by atoms with Gasteiger partial charge in [-0.25, -0.2) is 0 Å². The predicted octanol–water partition coefficient (Wildman–Crippen LogP) is 5.54. The molecule has 7 heteroatoms. The van der Waals surface area contributed by atoms with E-state index in [0.717, 1.165) is 26.9 Å². The van der Waals surface area contributed by atoms with Gasteiger partial charge >= 0.3 is 0 Å². The number of hydrogen-bond acceptors (Lipinski definition) is 3. The second-order valence-electron chi connectivity index (χ2n) is 6.36. The van der Waals surface area contributed by atoms with E-state index in [4.69, 9.17) is 23.2 Å². The first kappa shape index (κ1) is 19.7. The Morgan fingerprint density at radius 2 is 1.78 bits per heavy atom. The van der Waals surface area contributed by atoms with Gasteiger partial charge in [0.2, 0.25) is 5.91 Å². The third-order valence-electron chi connectivity index (χ3n) is 4.26. The highest BCUT2D eigenvalue weighted by molar-refractivity contribution is 7.21. The molecule has 3 rings (SSSR count). The van der Waals surface area contributed by atoms with Crippen LogP contribution >= 0.6 is 34.5 Å². The third kappa shape index (κ3) is 4.10. The molecule has 0 radical (unpaired) electrons. The zero-order valence-corrected chi connectivity index (χ0v) is 17.4. The van der Waals surface area contributed by atoms with E-state index in [1.165, 1.54) is 16.2 Å². The second kappa shape index (κ2) is 7.89. The molecule has 0 spiro atoms. The number of carbonyl (C=O) groups is 2. The number of carbonyl (C=O) groups excluding carboxylic acids is 2. The number of nitrogens with one attached hydrogen (secondary N) is 1. The van der Waals surface area contributed by atoms with Crippen LogP contribution in [0.1, 0.15) is 20.8 Å². The van der Waals surface area contributed by atoms with Crippen LogP contribution in [0.4, 0.5) is 5.69 Å². The van der Waals surface area contributed by atoms with Gasteiger partial charge in [0, 0.05) is 27.8 Å². The van der Waals surface area contributed by atoms with Crippen LogP contribution < -0.4 is 5.32 Å². The van der Waals surface area contributed by atoms with Crippen molar-refractivity contribution >= 4 is 62.1 Å². The zero-order valence-electron chi connectivity index (χ0n) is 15.1. The first-order valence-corrected chi connectivity index (χ1v) is 9.84. The third-order valence-corrected chi connectivity index (χ3v) is 6.14.